The first-order chi connectivity index (χ1) is 9.98. The number of carbonyl (C=O) groups excluding carboxylic acids is 1. The van der Waals surface area contributed by atoms with Gasteiger partial charge in [-0.25, -0.2) is 0 Å². The Hall–Kier alpha value is -0.860. The van der Waals surface area contributed by atoms with Gasteiger partial charge in [0.1, 0.15) is 6.04 Å². The average molecular weight is 308 g/mol. The molecule has 0 aromatic heterocycles. The number of halogens is 3. The van der Waals surface area contributed by atoms with Gasteiger partial charge in [-0.3, -0.25) is 9.69 Å². The summed E-state index contributed by atoms with van der Waals surface area (Å²) in [6.45, 7) is 2.86. The molecule has 21 heavy (non-hydrogen) atoms. The summed E-state index contributed by atoms with van der Waals surface area (Å²) in [6.07, 6.45) is -2.70. The average Bonchev–Trinajstić information content (AvgIpc) is 2.48. The van der Waals surface area contributed by atoms with Crippen LogP contribution >= 0.6 is 0 Å². The number of amides is 1. The molecule has 0 aromatic rings. The fraction of sp³-hybridized carbons (Fsp3) is 0.923. The Morgan fingerprint density at radius 3 is 2.52 bits per heavy atom. The molecule has 0 radical (unpaired) electrons. The molecule has 2 aliphatic heterocycles. The fourth-order valence-corrected chi connectivity index (χ4v) is 2.86. The van der Waals surface area contributed by atoms with Crippen LogP contribution in [0.25, 0.3) is 0 Å². The maximum atomic E-state index is 13.2. The van der Waals surface area contributed by atoms with Gasteiger partial charge in [0.25, 0.3) is 0 Å². The van der Waals surface area contributed by atoms with Gasteiger partial charge >= 0.3 is 6.18 Å². The quantitative estimate of drug-likeness (QED) is 0.681. The molecule has 0 saturated carbocycles. The molecule has 2 fully saturated rings. The van der Waals surface area contributed by atoms with Gasteiger partial charge in [-0.15, -0.1) is 0 Å². The molecular formula is C13H23F3N4O. The van der Waals surface area contributed by atoms with Gasteiger partial charge < -0.3 is 16.0 Å². The molecule has 5 nitrogen and oxygen atoms in total. The second kappa shape index (κ2) is 7.42. The molecule has 2 saturated heterocycles. The normalized spacial score (nSPS) is 26.3. The van der Waals surface area contributed by atoms with E-state index in [4.69, 9.17) is 0 Å². The Balaban J connectivity index is 1.87. The standard InChI is InChI=1S/C13H23F3N4O/c14-13(15,16)11(20-6-4-17-5-7-20)9-19-12(21)10-2-1-3-18-8-10/h10-11,17-18H,1-9H2,(H,19,21). The minimum Gasteiger partial charge on any atom is -0.354 e. The molecule has 0 bridgehead atoms. The van der Waals surface area contributed by atoms with E-state index in [-0.39, 0.29) is 18.4 Å². The van der Waals surface area contributed by atoms with E-state index >= 15 is 0 Å². The largest absolute Gasteiger partial charge is 0.405 e. The van der Waals surface area contributed by atoms with E-state index in [2.05, 4.69) is 16.0 Å². The molecule has 2 atom stereocenters. The Morgan fingerprint density at radius 1 is 1.24 bits per heavy atom. The Labute approximate surface area is 122 Å². The predicted molar refractivity (Wildman–Crippen MR) is 72.9 cm³/mol. The van der Waals surface area contributed by atoms with Gasteiger partial charge in [0.05, 0.1) is 5.92 Å². The summed E-state index contributed by atoms with van der Waals surface area (Å²) in [4.78, 5) is 13.4. The van der Waals surface area contributed by atoms with Crippen molar-refractivity contribution in [3.8, 4) is 0 Å². The summed E-state index contributed by atoms with van der Waals surface area (Å²) in [5, 5.41) is 8.62. The highest BCUT2D eigenvalue weighted by Gasteiger charge is 2.44. The van der Waals surface area contributed by atoms with Crippen molar-refractivity contribution >= 4 is 5.91 Å². The number of nitrogens with one attached hydrogen (secondary N) is 3. The lowest BCUT2D eigenvalue weighted by Crippen LogP contribution is -2.58. The molecule has 122 valence electrons. The smallest absolute Gasteiger partial charge is 0.354 e. The lowest BCUT2D eigenvalue weighted by molar-refractivity contribution is -0.184. The number of rotatable bonds is 4. The molecule has 8 heteroatoms. The highest BCUT2D eigenvalue weighted by Crippen LogP contribution is 2.25. The first-order valence-corrected chi connectivity index (χ1v) is 7.48. The number of hydrogen-bond donors (Lipinski definition) is 3. The van der Waals surface area contributed by atoms with Crippen molar-refractivity contribution < 1.29 is 18.0 Å². The van der Waals surface area contributed by atoms with Crippen molar-refractivity contribution in [2.24, 2.45) is 5.92 Å². The molecule has 1 amide bonds. The molecule has 2 rings (SSSR count). The third-order valence-corrected chi connectivity index (χ3v) is 4.11. The van der Waals surface area contributed by atoms with E-state index < -0.39 is 12.2 Å². The first kappa shape index (κ1) is 16.5. The Kier molecular flexibility index (Phi) is 5.83. The zero-order valence-corrected chi connectivity index (χ0v) is 12.0. The second-order valence-electron chi connectivity index (χ2n) is 5.63. The van der Waals surface area contributed by atoms with Gasteiger partial charge in [-0.2, -0.15) is 13.2 Å². The summed E-state index contributed by atoms with van der Waals surface area (Å²) >= 11 is 0. The van der Waals surface area contributed by atoms with Crippen molar-refractivity contribution in [1.29, 1.82) is 0 Å². The van der Waals surface area contributed by atoms with Gasteiger partial charge in [-0.1, -0.05) is 0 Å². The summed E-state index contributed by atoms with van der Waals surface area (Å²) in [5.74, 6) is -0.484. The van der Waals surface area contributed by atoms with E-state index in [9.17, 15) is 18.0 Å². The van der Waals surface area contributed by atoms with Crippen LogP contribution in [0, 0.1) is 5.92 Å². The number of alkyl halides is 3. The van der Waals surface area contributed by atoms with Crippen LogP contribution in [0.4, 0.5) is 13.2 Å². The van der Waals surface area contributed by atoms with Crippen molar-refractivity contribution in [2.45, 2.75) is 25.1 Å². The molecule has 2 unspecified atom stereocenters. The maximum absolute atomic E-state index is 13.2. The van der Waals surface area contributed by atoms with Gasteiger partial charge in [0.15, 0.2) is 0 Å². The zero-order valence-electron chi connectivity index (χ0n) is 12.0. The lowest BCUT2D eigenvalue weighted by atomic mass is 9.99. The summed E-state index contributed by atoms with van der Waals surface area (Å²) in [5.41, 5.74) is 0. The minimum atomic E-state index is -4.32. The zero-order chi connectivity index (χ0) is 15.3. The molecular weight excluding hydrogens is 285 g/mol. The van der Waals surface area contributed by atoms with E-state index in [1.54, 1.807) is 0 Å². The third-order valence-electron chi connectivity index (χ3n) is 4.11. The maximum Gasteiger partial charge on any atom is 0.405 e. The summed E-state index contributed by atoms with van der Waals surface area (Å²) < 4.78 is 39.5. The van der Waals surface area contributed by atoms with Crippen LogP contribution in [0.2, 0.25) is 0 Å². The molecule has 3 N–H and O–H groups in total. The third kappa shape index (κ3) is 4.82. The van der Waals surface area contributed by atoms with Crippen LogP contribution in [-0.4, -0.2) is 68.8 Å². The molecule has 2 heterocycles. The number of carbonyl (C=O) groups is 1. The molecule has 0 spiro atoms. The number of piperazine rings is 1. The van der Waals surface area contributed by atoms with E-state index in [0.29, 0.717) is 32.7 Å². The van der Waals surface area contributed by atoms with Crippen molar-refractivity contribution in [3.05, 3.63) is 0 Å². The monoisotopic (exact) mass is 308 g/mol. The number of piperidine rings is 1. The van der Waals surface area contributed by atoms with Crippen LogP contribution in [0.1, 0.15) is 12.8 Å². The van der Waals surface area contributed by atoms with Crippen LogP contribution in [-0.2, 0) is 4.79 Å². The van der Waals surface area contributed by atoms with E-state index in [1.165, 1.54) is 4.90 Å². The van der Waals surface area contributed by atoms with Gasteiger partial charge in [0.2, 0.25) is 5.91 Å². The molecule has 2 aliphatic rings. The summed E-state index contributed by atoms with van der Waals surface area (Å²) in [7, 11) is 0. The van der Waals surface area contributed by atoms with Crippen molar-refractivity contribution in [2.75, 3.05) is 45.8 Å². The number of hydrogen-bond acceptors (Lipinski definition) is 4. The van der Waals surface area contributed by atoms with E-state index in [0.717, 1.165) is 19.4 Å². The van der Waals surface area contributed by atoms with E-state index in [1.807, 2.05) is 0 Å². The SMILES string of the molecule is O=C(NCC(N1CCNCC1)C(F)(F)F)C1CCCNC1. The van der Waals surface area contributed by atoms with Gasteiger partial charge in [0, 0.05) is 39.3 Å². The highest BCUT2D eigenvalue weighted by molar-refractivity contribution is 5.79. The van der Waals surface area contributed by atoms with Crippen LogP contribution < -0.4 is 16.0 Å². The Bertz CT molecular complexity index is 339. The Morgan fingerprint density at radius 2 is 1.95 bits per heavy atom. The van der Waals surface area contributed by atoms with Crippen molar-refractivity contribution in [3.63, 3.8) is 0 Å². The van der Waals surface area contributed by atoms with Crippen molar-refractivity contribution in [1.82, 2.24) is 20.9 Å². The van der Waals surface area contributed by atoms with Crippen LogP contribution in [0.5, 0.6) is 0 Å². The molecule has 0 aliphatic carbocycles. The predicted octanol–water partition coefficient (Wildman–Crippen LogP) is -0.0617. The lowest BCUT2D eigenvalue weighted by Gasteiger charge is -2.36. The summed E-state index contributed by atoms with van der Waals surface area (Å²) in [6, 6.07) is -1.60. The molecule has 0 aromatic carbocycles. The second-order valence-corrected chi connectivity index (χ2v) is 5.63. The minimum absolute atomic E-state index is 0.212. The highest BCUT2D eigenvalue weighted by atomic mass is 19.4. The van der Waals surface area contributed by atoms with Gasteiger partial charge in [-0.05, 0) is 19.4 Å². The first-order valence-electron chi connectivity index (χ1n) is 7.48. The topological polar surface area (TPSA) is 56.4 Å². The number of nitrogens with zero attached hydrogens (tertiary/aromatic N) is 1. The van der Waals surface area contributed by atoms with Crippen LogP contribution in [0.15, 0.2) is 0 Å². The van der Waals surface area contributed by atoms with Crippen LogP contribution in [0.3, 0.4) is 0 Å². The fourth-order valence-electron chi connectivity index (χ4n) is 2.86.